The highest BCUT2D eigenvalue weighted by atomic mass is 16.1. The van der Waals surface area contributed by atoms with Gasteiger partial charge in [0.2, 0.25) is 0 Å². The Bertz CT molecular complexity index is 1240. The number of rotatable bonds is 4. The van der Waals surface area contributed by atoms with Crippen LogP contribution in [0.25, 0.3) is 22.0 Å². The van der Waals surface area contributed by atoms with Crippen molar-refractivity contribution in [1.82, 2.24) is 10.2 Å². The Morgan fingerprint density at radius 1 is 0.931 bits per heavy atom. The third-order valence-corrected chi connectivity index (χ3v) is 4.74. The van der Waals surface area contributed by atoms with Crippen LogP contribution < -0.4 is 15.8 Å². The lowest BCUT2D eigenvalue weighted by molar-refractivity contribution is 0.102. The number of hydrogen-bond acceptors (Lipinski definition) is 4. The van der Waals surface area contributed by atoms with Crippen LogP contribution in [-0.4, -0.2) is 30.2 Å². The van der Waals surface area contributed by atoms with E-state index >= 15 is 0 Å². The van der Waals surface area contributed by atoms with Gasteiger partial charge in [0, 0.05) is 42.0 Å². The Balaban J connectivity index is 1.59. The van der Waals surface area contributed by atoms with E-state index in [0.717, 1.165) is 16.6 Å². The van der Waals surface area contributed by atoms with E-state index in [0.29, 0.717) is 22.3 Å². The number of fused-ring (bicyclic) bond motifs is 1. The number of anilines is 2. The smallest absolute Gasteiger partial charge is 0.272 e. The number of carbonyl (C=O) groups is 1. The average Bonchev–Trinajstić information content (AvgIpc) is 2.75. The average molecular weight is 384 g/mol. The molecule has 0 bridgehead atoms. The first kappa shape index (κ1) is 18.4. The highest BCUT2D eigenvalue weighted by molar-refractivity contribution is 6.05. The van der Waals surface area contributed by atoms with Crippen LogP contribution in [0.2, 0.25) is 0 Å². The lowest BCUT2D eigenvalue weighted by Crippen LogP contribution is -2.14. The number of nitrogens with one attached hydrogen (secondary N) is 2. The van der Waals surface area contributed by atoms with E-state index in [1.54, 1.807) is 12.1 Å². The maximum atomic E-state index is 12.6. The molecule has 4 rings (SSSR count). The normalized spacial score (nSPS) is 10.7. The van der Waals surface area contributed by atoms with Crippen molar-refractivity contribution >= 4 is 28.1 Å². The van der Waals surface area contributed by atoms with E-state index in [2.05, 4.69) is 15.5 Å². The van der Waals surface area contributed by atoms with E-state index < -0.39 is 0 Å². The molecule has 3 aromatic carbocycles. The van der Waals surface area contributed by atoms with E-state index in [-0.39, 0.29) is 11.5 Å². The molecule has 2 N–H and O–H groups in total. The third-order valence-electron chi connectivity index (χ3n) is 4.74. The molecular weight excluding hydrogens is 364 g/mol. The molecule has 0 aliphatic rings. The fourth-order valence-electron chi connectivity index (χ4n) is 3.17. The highest BCUT2D eigenvalue weighted by Crippen LogP contribution is 2.25. The van der Waals surface area contributed by atoms with Gasteiger partial charge in [0.1, 0.15) is 0 Å². The summed E-state index contributed by atoms with van der Waals surface area (Å²) in [6.07, 6.45) is 0. The molecule has 6 heteroatoms. The third kappa shape index (κ3) is 3.73. The van der Waals surface area contributed by atoms with Crippen molar-refractivity contribution in [2.24, 2.45) is 0 Å². The number of carbonyl (C=O) groups excluding carboxylic acids is 1. The van der Waals surface area contributed by atoms with Gasteiger partial charge in [-0.2, -0.15) is 5.10 Å². The van der Waals surface area contributed by atoms with Gasteiger partial charge in [-0.1, -0.05) is 36.4 Å². The summed E-state index contributed by atoms with van der Waals surface area (Å²) in [6, 6.07) is 22.2. The molecule has 6 nitrogen and oxygen atoms in total. The standard InChI is InChI=1S/C23H20N4O2/c1-27(2)18-7-5-6-16(14-18)22(28)24-17-12-10-15(11-13-17)21-19-8-3-4-9-20(19)23(29)26-25-21/h3-14H,1-2H3,(H,24,28)(H,26,29). The number of hydrogen-bond donors (Lipinski definition) is 2. The second-order valence-electron chi connectivity index (χ2n) is 6.92. The number of amides is 1. The minimum atomic E-state index is -0.215. The molecule has 4 aromatic rings. The molecule has 0 aliphatic heterocycles. The van der Waals surface area contributed by atoms with Crippen molar-refractivity contribution in [3.63, 3.8) is 0 Å². The number of aromatic amines is 1. The minimum absolute atomic E-state index is 0.172. The molecule has 0 saturated heterocycles. The Morgan fingerprint density at radius 3 is 2.38 bits per heavy atom. The zero-order valence-corrected chi connectivity index (χ0v) is 16.1. The van der Waals surface area contributed by atoms with E-state index in [1.807, 2.05) is 79.7 Å². The Hall–Kier alpha value is -3.93. The molecule has 1 aromatic heterocycles. The Morgan fingerprint density at radius 2 is 1.66 bits per heavy atom. The van der Waals surface area contributed by atoms with Gasteiger partial charge in [-0.05, 0) is 36.4 Å². The van der Waals surface area contributed by atoms with Crippen LogP contribution in [0.3, 0.4) is 0 Å². The van der Waals surface area contributed by atoms with Gasteiger partial charge in [-0.3, -0.25) is 9.59 Å². The first-order chi connectivity index (χ1) is 14.0. The molecule has 1 amide bonds. The number of benzene rings is 3. The van der Waals surface area contributed by atoms with Gasteiger partial charge in [0.15, 0.2) is 0 Å². The second kappa shape index (κ2) is 7.59. The molecule has 0 spiro atoms. The van der Waals surface area contributed by atoms with Gasteiger partial charge in [-0.25, -0.2) is 5.10 Å². The maximum Gasteiger partial charge on any atom is 0.272 e. The van der Waals surface area contributed by atoms with Gasteiger partial charge in [0.05, 0.1) is 11.1 Å². The molecule has 0 atom stereocenters. The Labute approximate surface area is 167 Å². The molecule has 0 unspecified atom stereocenters. The van der Waals surface area contributed by atoms with Gasteiger partial charge >= 0.3 is 0 Å². The zero-order valence-electron chi connectivity index (χ0n) is 16.1. The van der Waals surface area contributed by atoms with Crippen LogP contribution in [0.1, 0.15) is 10.4 Å². The minimum Gasteiger partial charge on any atom is -0.378 e. The van der Waals surface area contributed by atoms with Crippen LogP contribution >= 0.6 is 0 Å². The summed E-state index contributed by atoms with van der Waals surface area (Å²) in [7, 11) is 3.87. The summed E-state index contributed by atoms with van der Waals surface area (Å²) >= 11 is 0. The molecule has 29 heavy (non-hydrogen) atoms. The van der Waals surface area contributed by atoms with Crippen molar-refractivity contribution in [2.45, 2.75) is 0 Å². The number of aromatic nitrogens is 2. The Kier molecular flexibility index (Phi) is 4.83. The molecule has 0 saturated carbocycles. The summed E-state index contributed by atoms with van der Waals surface area (Å²) in [4.78, 5) is 26.5. The predicted octanol–water partition coefficient (Wildman–Crippen LogP) is 3.91. The van der Waals surface area contributed by atoms with Crippen molar-refractivity contribution in [3.05, 3.63) is 88.7 Å². The van der Waals surface area contributed by atoms with Crippen LogP contribution in [0.5, 0.6) is 0 Å². The number of nitrogens with zero attached hydrogens (tertiary/aromatic N) is 2. The van der Waals surface area contributed by atoms with Crippen LogP contribution in [0, 0.1) is 0 Å². The summed E-state index contributed by atoms with van der Waals surface area (Å²) in [5.74, 6) is -0.172. The predicted molar refractivity (Wildman–Crippen MR) is 117 cm³/mol. The first-order valence-electron chi connectivity index (χ1n) is 9.19. The lowest BCUT2D eigenvalue weighted by Gasteiger charge is -2.13. The summed E-state index contributed by atoms with van der Waals surface area (Å²) in [6.45, 7) is 0. The molecule has 144 valence electrons. The fourth-order valence-corrected chi connectivity index (χ4v) is 3.17. The molecule has 0 radical (unpaired) electrons. The van der Waals surface area contributed by atoms with Gasteiger partial charge < -0.3 is 10.2 Å². The molecule has 0 fully saturated rings. The molecule has 0 aliphatic carbocycles. The van der Waals surface area contributed by atoms with Crippen molar-refractivity contribution in [1.29, 1.82) is 0 Å². The monoisotopic (exact) mass is 384 g/mol. The van der Waals surface area contributed by atoms with Gasteiger partial charge in [0.25, 0.3) is 11.5 Å². The quantitative estimate of drug-likeness (QED) is 0.559. The van der Waals surface area contributed by atoms with E-state index in [1.165, 1.54) is 0 Å². The van der Waals surface area contributed by atoms with Crippen molar-refractivity contribution in [3.8, 4) is 11.3 Å². The van der Waals surface area contributed by atoms with Crippen molar-refractivity contribution < 1.29 is 4.79 Å². The second-order valence-corrected chi connectivity index (χ2v) is 6.92. The summed E-state index contributed by atoms with van der Waals surface area (Å²) in [5.41, 5.74) is 3.57. The fraction of sp³-hybridized carbons (Fsp3) is 0.0870. The number of H-pyrrole nitrogens is 1. The molecular formula is C23H20N4O2. The van der Waals surface area contributed by atoms with Gasteiger partial charge in [-0.15, -0.1) is 0 Å². The van der Waals surface area contributed by atoms with E-state index in [9.17, 15) is 9.59 Å². The lowest BCUT2D eigenvalue weighted by atomic mass is 10.0. The zero-order chi connectivity index (χ0) is 20.4. The van der Waals surface area contributed by atoms with Crippen molar-refractivity contribution in [2.75, 3.05) is 24.3 Å². The van der Waals surface area contributed by atoms with Crippen LogP contribution in [0.4, 0.5) is 11.4 Å². The molecule has 1 heterocycles. The topological polar surface area (TPSA) is 78.1 Å². The highest BCUT2D eigenvalue weighted by Gasteiger charge is 2.10. The maximum absolute atomic E-state index is 12.6. The van der Waals surface area contributed by atoms with Crippen LogP contribution in [0.15, 0.2) is 77.6 Å². The van der Waals surface area contributed by atoms with Crippen LogP contribution in [-0.2, 0) is 0 Å². The summed E-state index contributed by atoms with van der Waals surface area (Å²) in [5, 5.41) is 11.0. The largest absolute Gasteiger partial charge is 0.378 e. The summed E-state index contributed by atoms with van der Waals surface area (Å²) < 4.78 is 0. The first-order valence-corrected chi connectivity index (χ1v) is 9.19. The van der Waals surface area contributed by atoms with E-state index in [4.69, 9.17) is 0 Å². The SMILES string of the molecule is CN(C)c1cccc(C(=O)Nc2ccc(-c3n[nH]c(=O)c4ccccc34)cc2)c1.